The summed E-state index contributed by atoms with van der Waals surface area (Å²) in [6, 6.07) is 0. The highest BCUT2D eigenvalue weighted by Crippen LogP contribution is 2.42. The van der Waals surface area contributed by atoms with Gasteiger partial charge in [0.25, 0.3) is 0 Å². The quantitative estimate of drug-likeness (QED) is 0.608. The molecule has 1 saturated carbocycles. The second-order valence-corrected chi connectivity index (χ2v) is 2.85. The molecule has 1 fully saturated rings. The van der Waals surface area contributed by atoms with E-state index < -0.39 is 0 Å². The summed E-state index contributed by atoms with van der Waals surface area (Å²) in [7, 11) is 0. The van der Waals surface area contributed by atoms with Crippen molar-refractivity contribution in [1.29, 1.82) is 0 Å². The van der Waals surface area contributed by atoms with Crippen molar-refractivity contribution in [2.75, 3.05) is 0 Å². The number of aryl methyl sites for hydroxylation is 1. The summed E-state index contributed by atoms with van der Waals surface area (Å²) in [4.78, 5) is 0. The second kappa shape index (κ2) is 1.58. The van der Waals surface area contributed by atoms with E-state index >= 15 is 0 Å². The van der Waals surface area contributed by atoms with Crippen LogP contribution in [-0.2, 0) is 5.54 Å². The zero-order valence-electron chi connectivity index (χ0n) is 5.79. The van der Waals surface area contributed by atoms with Crippen LogP contribution in [0.1, 0.15) is 24.2 Å². The van der Waals surface area contributed by atoms with Crippen LogP contribution in [0.15, 0.2) is 4.63 Å². The van der Waals surface area contributed by atoms with Gasteiger partial charge in [0, 0.05) is 0 Å². The molecule has 0 spiro atoms. The largest absolute Gasteiger partial charge is 0.320 e. The molecule has 1 aromatic rings. The van der Waals surface area contributed by atoms with Crippen molar-refractivity contribution in [2.24, 2.45) is 5.73 Å². The van der Waals surface area contributed by atoms with Gasteiger partial charge in [0.05, 0.1) is 5.54 Å². The first-order chi connectivity index (χ1) is 4.72. The van der Waals surface area contributed by atoms with E-state index in [-0.39, 0.29) is 5.54 Å². The molecule has 0 aliphatic heterocycles. The van der Waals surface area contributed by atoms with Gasteiger partial charge < -0.3 is 5.73 Å². The summed E-state index contributed by atoms with van der Waals surface area (Å²) in [5, 5.41) is 7.40. The Bertz CT molecular complexity index is 251. The molecule has 4 nitrogen and oxygen atoms in total. The van der Waals surface area contributed by atoms with Crippen molar-refractivity contribution in [2.45, 2.75) is 25.3 Å². The zero-order chi connectivity index (χ0) is 7.19. The van der Waals surface area contributed by atoms with Crippen LogP contribution >= 0.6 is 0 Å². The van der Waals surface area contributed by atoms with Crippen molar-refractivity contribution >= 4 is 0 Å². The Kier molecular flexibility index (Phi) is 0.922. The molecule has 10 heavy (non-hydrogen) atoms. The standard InChI is InChI=1S/C6H9N3O/c1-4-5(9-10-8-4)6(7)2-3-6/h2-3,7H2,1H3. The third-order valence-corrected chi connectivity index (χ3v) is 1.91. The number of rotatable bonds is 1. The molecular weight excluding hydrogens is 130 g/mol. The summed E-state index contributed by atoms with van der Waals surface area (Å²) >= 11 is 0. The lowest BCUT2D eigenvalue weighted by atomic mass is 10.2. The van der Waals surface area contributed by atoms with Gasteiger partial charge >= 0.3 is 0 Å². The normalized spacial score (nSPS) is 21.0. The molecule has 1 aliphatic carbocycles. The van der Waals surface area contributed by atoms with E-state index in [0.29, 0.717) is 0 Å². The monoisotopic (exact) mass is 139 g/mol. The Hall–Kier alpha value is -0.900. The molecule has 2 rings (SSSR count). The van der Waals surface area contributed by atoms with E-state index in [1.165, 1.54) is 0 Å². The number of hydrogen-bond donors (Lipinski definition) is 1. The highest BCUT2D eigenvalue weighted by molar-refractivity contribution is 5.23. The minimum absolute atomic E-state index is 0.204. The fourth-order valence-electron chi connectivity index (χ4n) is 1.05. The summed E-state index contributed by atoms with van der Waals surface area (Å²) in [5.74, 6) is 0. The highest BCUT2D eigenvalue weighted by atomic mass is 16.6. The topological polar surface area (TPSA) is 64.9 Å². The average Bonchev–Trinajstić information content (AvgIpc) is 2.44. The third-order valence-electron chi connectivity index (χ3n) is 1.91. The van der Waals surface area contributed by atoms with Gasteiger partial charge in [0.2, 0.25) is 0 Å². The van der Waals surface area contributed by atoms with E-state index in [9.17, 15) is 0 Å². The first kappa shape index (κ1) is 5.85. The highest BCUT2D eigenvalue weighted by Gasteiger charge is 2.44. The SMILES string of the molecule is Cc1nonc1C1(N)CC1. The average molecular weight is 139 g/mol. The van der Waals surface area contributed by atoms with Crippen LogP contribution in [0.3, 0.4) is 0 Å². The molecule has 2 N–H and O–H groups in total. The van der Waals surface area contributed by atoms with Crippen LogP contribution < -0.4 is 5.73 Å². The van der Waals surface area contributed by atoms with Crippen LogP contribution in [0.25, 0.3) is 0 Å². The Labute approximate surface area is 58.4 Å². The maximum absolute atomic E-state index is 5.85. The van der Waals surface area contributed by atoms with Gasteiger partial charge in [-0.15, -0.1) is 0 Å². The predicted molar refractivity (Wildman–Crippen MR) is 34.1 cm³/mol. The van der Waals surface area contributed by atoms with E-state index in [4.69, 9.17) is 5.73 Å². The van der Waals surface area contributed by atoms with Gasteiger partial charge in [-0.05, 0) is 19.8 Å². The summed E-state index contributed by atoms with van der Waals surface area (Å²) in [5.41, 5.74) is 7.29. The van der Waals surface area contributed by atoms with Crippen molar-refractivity contribution in [1.82, 2.24) is 10.3 Å². The Balaban J connectivity index is 2.42. The number of aromatic nitrogens is 2. The van der Waals surface area contributed by atoms with Crippen LogP contribution in [0.4, 0.5) is 0 Å². The number of nitrogens with zero attached hydrogens (tertiary/aromatic N) is 2. The maximum Gasteiger partial charge on any atom is 0.127 e. The molecule has 0 aromatic carbocycles. The van der Waals surface area contributed by atoms with Crippen LogP contribution in [-0.4, -0.2) is 10.3 Å². The lowest BCUT2D eigenvalue weighted by Gasteiger charge is -2.00. The van der Waals surface area contributed by atoms with Crippen LogP contribution in [0.5, 0.6) is 0 Å². The Morgan fingerprint density at radius 1 is 1.50 bits per heavy atom. The summed E-state index contributed by atoms with van der Waals surface area (Å²) < 4.78 is 4.53. The molecule has 0 atom stereocenters. The zero-order valence-corrected chi connectivity index (χ0v) is 5.79. The van der Waals surface area contributed by atoms with Gasteiger partial charge in [0.1, 0.15) is 11.4 Å². The molecule has 1 heterocycles. The van der Waals surface area contributed by atoms with E-state index in [0.717, 1.165) is 24.2 Å². The van der Waals surface area contributed by atoms with Gasteiger partial charge in [-0.2, -0.15) is 0 Å². The molecule has 0 amide bonds. The molecule has 54 valence electrons. The Morgan fingerprint density at radius 2 is 2.20 bits per heavy atom. The maximum atomic E-state index is 5.85. The van der Waals surface area contributed by atoms with Gasteiger partial charge in [-0.25, -0.2) is 4.63 Å². The lowest BCUT2D eigenvalue weighted by molar-refractivity contribution is 0.298. The molecule has 0 radical (unpaired) electrons. The fourth-order valence-corrected chi connectivity index (χ4v) is 1.05. The summed E-state index contributed by atoms with van der Waals surface area (Å²) in [6.07, 6.45) is 2.00. The minimum atomic E-state index is -0.204. The van der Waals surface area contributed by atoms with Crippen molar-refractivity contribution in [3.63, 3.8) is 0 Å². The lowest BCUT2D eigenvalue weighted by Crippen LogP contribution is -2.20. The van der Waals surface area contributed by atoms with Gasteiger partial charge in [-0.3, -0.25) is 0 Å². The molecule has 0 bridgehead atoms. The van der Waals surface area contributed by atoms with Crippen molar-refractivity contribution in [3.8, 4) is 0 Å². The predicted octanol–water partition coefficient (Wildman–Crippen LogP) is 0.326. The first-order valence-electron chi connectivity index (χ1n) is 3.31. The van der Waals surface area contributed by atoms with Crippen molar-refractivity contribution < 1.29 is 4.63 Å². The van der Waals surface area contributed by atoms with Gasteiger partial charge in [-0.1, -0.05) is 10.3 Å². The minimum Gasteiger partial charge on any atom is -0.320 e. The molecular formula is C6H9N3O. The molecule has 1 aliphatic rings. The van der Waals surface area contributed by atoms with Crippen LogP contribution in [0, 0.1) is 6.92 Å². The van der Waals surface area contributed by atoms with E-state index in [2.05, 4.69) is 14.9 Å². The molecule has 0 unspecified atom stereocenters. The van der Waals surface area contributed by atoms with E-state index in [1.54, 1.807) is 0 Å². The fraction of sp³-hybridized carbons (Fsp3) is 0.667. The first-order valence-corrected chi connectivity index (χ1v) is 3.31. The number of nitrogens with two attached hydrogens (primary N) is 1. The van der Waals surface area contributed by atoms with Gasteiger partial charge in [0.15, 0.2) is 0 Å². The molecule has 0 saturated heterocycles. The molecule has 4 heteroatoms. The second-order valence-electron chi connectivity index (χ2n) is 2.85. The van der Waals surface area contributed by atoms with Crippen LogP contribution in [0.2, 0.25) is 0 Å². The molecule has 1 aromatic heterocycles. The van der Waals surface area contributed by atoms with E-state index in [1.807, 2.05) is 6.92 Å². The smallest absolute Gasteiger partial charge is 0.127 e. The number of hydrogen-bond acceptors (Lipinski definition) is 4. The third kappa shape index (κ3) is 0.654. The Morgan fingerprint density at radius 3 is 2.60 bits per heavy atom. The summed E-state index contributed by atoms with van der Waals surface area (Å²) in [6.45, 7) is 1.86. The van der Waals surface area contributed by atoms with Crippen molar-refractivity contribution in [3.05, 3.63) is 11.4 Å².